The van der Waals surface area contributed by atoms with E-state index in [9.17, 15) is 19.7 Å². The average Bonchev–Trinajstić information content (AvgIpc) is 3.26. The standard InChI is InChI=1S/C22H24N2O7/c1-14-6-4-7-18(24(27)28)21(14)22(26)31-13-20(25)23-11-5-8-17(23)16-12-15(29-2)9-10-19(16)30-3/h4,6-7,9-10,12,17H,5,8,11,13H2,1-3H3. The van der Waals surface area contributed by atoms with Crippen LogP contribution in [0, 0.1) is 17.0 Å². The zero-order valence-electron chi connectivity index (χ0n) is 17.6. The summed E-state index contributed by atoms with van der Waals surface area (Å²) in [6, 6.07) is 9.45. The number of aryl methyl sites for hydroxylation is 1. The van der Waals surface area contributed by atoms with E-state index < -0.39 is 17.5 Å². The van der Waals surface area contributed by atoms with Gasteiger partial charge in [0.2, 0.25) is 0 Å². The van der Waals surface area contributed by atoms with Crippen LogP contribution in [0.4, 0.5) is 5.69 Å². The molecule has 164 valence electrons. The summed E-state index contributed by atoms with van der Waals surface area (Å²) < 4.78 is 15.9. The van der Waals surface area contributed by atoms with Crippen LogP contribution in [-0.2, 0) is 9.53 Å². The van der Waals surface area contributed by atoms with Gasteiger partial charge in [-0.05, 0) is 43.5 Å². The number of carbonyl (C=O) groups is 2. The van der Waals surface area contributed by atoms with E-state index in [1.54, 1.807) is 44.2 Å². The maximum Gasteiger partial charge on any atom is 0.345 e. The van der Waals surface area contributed by atoms with Crippen LogP contribution < -0.4 is 9.47 Å². The third-order valence-corrected chi connectivity index (χ3v) is 5.35. The quantitative estimate of drug-likeness (QED) is 0.378. The number of ether oxygens (including phenoxy) is 3. The first-order valence-electron chi connectivity index (χ1n) is 9.80. The zero-order chi connectivity index (χ0) is 22.5. The molecule has 0 N–H and O–H groups in total. The Hall–Kier alpha value is -3.62. The summed E-state index contributed by atoms with van der Waals surface area (Å²) in [6.45, 7) is 1.58. The summed E-state index contributed by atoms with van der Waals surface area (Å²) in [5, 5.41) is 11.2. The molecule has 1 fully saturated rings. The van der Waals surface area contributed by atoms with Gasteiger partial charge in [0.05, 0.1) is 25.2 Å². The second kappa shape index (κ2) is 9.46. The molecule has 0 saturated carbocycles. The van der Waals surface area contributed by atoms with Gasteiger partial charge in [-0.15, -0.1) is 0 Å². The van der Waals surface area contributed by atoms with Gasteiger partial charge >= 0.3 is 5.97 Å². The van der Waals surface area contributed by atoms with Crippen molar-refractivity contribution in [3.63, 3.8) is 0 Å². The first-order valence-corrected chi connectivity index (χ1v) is 9.80. The molecule has 0 spiro atoms. The molecule has 1 saturated heterocycles. The fourth-order valence-electron chi connectivity index (χ4n) is 3.84. The Labute approximate surface area is 179 Å². The highest BCUT2D eigenvalue weighted by Crippen LogP contribution is 2.39. The number of hydrogen-bond donors (Lipinski definition) is 0. The molecule has 0 aromatic heterocycles. The van der Waals surface area contributed by atoms with Gasteiger partial charge in [0.1, 0.15) is 17.1 Å². The number of methoxy groups -OCH3 is 2. The number of amides is 1. The van der Waals surface area contributed by atoms with Crippen LogP contribution in [0.2, 0.25) is 0 Å². The number of nitrogens with zero attached hydrogens (tertiary/aromatic N) is 2. The van der Waals surface area contributed by atoms with Gasteiger partial charge in [0, 0.05) is 18.2 Å². The minimum Gasteiger partial charge on any atom is -0.497 e. The predicted octanol–water partition coefficient (Wildman–Crippen LogP) is 3.44. The Kier molecular flexibility index (Phi) is 6.74. The highest BCUT2D eigenvalue weighted by Gasteiger charge is 2.33. The van der Waals surface area contributed by atoms with Gasteiger partial charge < -0.3 is 19.1 Å². The molecule has 1 amide bonds. The Morgan fingerprint density at radius 2 is 1.97 bits per heavy atom. The van der Waals surface area contributed by atoms with E-state index >= 15 is 0 Å². The molecule has 9 heteroatoms. The molecule has 1 aliphatic rings. The maximum atomic E-state index is 12.9. The van der Waals surface area contributed by atoms with Crippen molar-refractivity contribution in [3.8, 4) is 11.5 Å². The molecule has 31 heavy (non-hydrogen) atoms. The molecule has 2 aromatic carbocycles. The third kappa shape index (κ3) is 4.60. The largest absolute Gasteiger partial charge is 0.497 e. The van der Waals surface area contributed by atoms with Gasteiger partial charge in [-0.3, -0.25) is 14.9 Å². The second-order valence-electron chi connectivity index (χ2n) is 7.16. The Balaban J connectivity index is 1.76. The van der Waals surface area contributed by atoms with Crippen LogP contribution in [0.25, 0.3) is 0 Å². The molecule has 9 nitrogen and oxygen atoms in total. The summed E-state index contributed by atoms with van der Waals surface area (Å²) in [4.78, 5) is 37.6. The summed E-state index contributed by atoms with van der Waals surface area (Å²) in [6.07, 6.45) is 1.51. The first kappa shape index (κ1) is 22.1. The van der Waals surface area contributed by atoms with Crippen LogP contribution in [0.3, 0.4) is 0 Å². The molecule has 3 rings (SSSR count). The molecular weight excluding hydrogens is 404 g/mol. The zero-order valence-corrected chi connectivity index (χ0v) is 17.6. The maximum absolute atomic E-state index is 12.9. The molecule has 2 aromatic rings. The first-order chi connectivity index (χ1) is 14.9. The number of likely N-dealkylation sites (tertiary alicyclic amines) is 1. The fourth-order valence-corrected chi connectivity index (χ4v) is 3.84. The van der Waals surface area contributed by atoms with E-state index in [0.29, 0.717) is 23.6 Å². The van der Waals surface area contributed by atoms with Crippen LogP contribution in [0.5, 0.6) is 11.5 Å². The second-order valence-corrected chi connectivity index (χ2v) is 7.16. The SMILES string of the molecule is COc1ccc(OC)c(C2CCCN2C(=O)COC(=O)c2c(C)cccc2[N+](=O)[O-])c1. The van der Waals surface area contributed by atoms with Gasteiger partial charge in [-0.25, -0.2) is 4.79 Å². The lowest BCUT2D eigenvalue weighted by Gasteiger charge is -2.26. The van der Waals surface area contributed by atoms with Gasteiger partial charge in [0.25, 0.3) is 11.6 Å². The average molecular weight is 428 g/mol. The summed E-state index contributed by atoms with van der Waals surface area (Å²) in [7, 11) is 3.12. The van der Waals surface area contributed by atoms with Crippen LogP contribution in [-0.4, -0.2) is 49.1 Å². The fraction of sp³-hybridized carbons (Fsp3) is 0.364. The molecular formula is C22H24N2O7. The van der Waals surface area contributed by atoms with E-state index in [1.165, 1.54) is 12.1 Å². The Morgan fingerprint density at radius 1 is 1.19 bits per heavy atom. The summed E-state index contributed by atoms with van der Waals surface area (Å²) >= 11 is 0. The summed E-state index contributed by atoms with van der Waals surface area (Å²) in [5.41, 5.74) is 0.728. The predicted molar refractivity (Wildman–Crippen MR) is 111 cm³/mol. The van der Waals surface area contributed by atoms with Crippen LogP contribution in [0.1, 0.15) is 40.4 Å². The van der Waals surface area contributed by atoms with Crippen molar-refractivity contribution in [3.05, 3.63) is 63.2 Å². The van der Waals surface area contributed by atoms with Crippen molar-refractivity contribution < 1.29 is 28.7 Å². The van der Waals surface area contributed by atoms with E-state index in [0.717, 1.165) is 18.4 Å². The molecule has 1 unspecified atom stereocenters. The number of nitro groups is 1. The molecule has 1 atom stereocenters. The van der Waals surface area contributed by atoms with Crippen molar-refractivity contribution in [2.75, 3.05) is 27.4 Å². The Bertz CT molecular complexity index is 1010. The van der Waals surface area contributed by atoms with E-state index in [4.69, 9.17) is 14.2 Å². The normalized spacial score (nSPS) is 15.5. The molecule has 0 bridgehead atoms. The van der Waals surface area contributed by atoms with Crippen molar-refractivity contribution in [2.45, 2.75) is 25.8 Å². The number of hydrogen-bond acceptors (Lipinski definition) is 7. The van der Waals surface area contributed by atoms with Crippen molar-refractivity contribution in [2.24, 2.45) is 0 Å². The monoisotopic (exact) mass is 428 g/mol. The van der Waals surface area contributed by atoms with Gasteiger partial charge in [-0.1, -0.05) is 12.1 Å². The molecule has 1 aliphatic heterocycles. The molecule has 1 heterocycles. The minimum atomic E-state index is -0.896. The topological polar surface area (TPSA) is 108 Å². The van der Waals surface area contributed by atoms with Crippen molar-refractivity contribution in [1.82, 2.24) is 4.90 Å². The highest BCUT2D eigenvalue weighted by atomic mass is 16.6. The number of esters is 1. The molecule has 0 aliphatic carbocycles. The van der Waals surface area contributed by atoms with E-state index in [1.807, 2.05) is 6.07 Å². The summed E-state index contributed by atoms with van der Waals surface area (Å²) in [5.74, 6) is 0.0104. The van der Waals surface area contributed by atoms with E-state index in [-0.39, 0.29) is 23.2 Å². The van der Waals surface area contributed by atoms with Gasteiger partial charge in [0.15, 0.2) is 6.61 Å². The van der Waals surface area contributed by atoms with Crippen LogP contribution in [0.15, 0.2) is 36.4 Å². The smallest absolute Gasteiger partial charge is 0.345 e. The van der Waals surface area contributed by atoms with Crippen molar-refractivity contribution >= 4 is 17.6 Å². The number of nitro benzene ring substituents is 1. The Morgan fingerprint density at radius 3 is 2.65 bits per heavy atom. The van der Waals surface area contributed by atoms with E-state index in [2.05, 4.69) is 0 Å². The minimum absolute atomic E-state index is 0.146. The lowest BCUT2D eigenvalue weighted by Crippen LogP contribution is -2.34. The number of rotatable bonds is 7. The number of benzene rings is 2. The van der Waals surface area contributed by atoms with Crippen molar-refractivity contribution in [1.29, 1.82) is 0 Å². The lowest BCUT2D eigenvalue weighted by atomic mass is 10.0. The third-order valence-electron chi connectivity index (χ3n) is 5.35. The lowest BCUT2D eigenvalue weighted by molar-refractivity contribution is -0.385. The van der Waals surface area contributed by atoms with Crippen LogP contribution >= 0.6 is 0 Å². The molecule has 0 radical (unpaired) electrons. The van der Waals surface area contributed by atoms with Gasteiger partial charge in [-0.2, -0.15) is 0 Å². The highest BCUT2D eigenvalue weighted by molar-refractivity contribution is 5.96. The number of carbonyl (C=O) groups excluding carboxylic acids is 2.